The molecular formula is C27H38ClN3O4S. The van der Waals surface area contributed by atoms with Gasteiger partial charge in [0.15, 0.2) is 0 Å². The highest BCUT2D eigenvalue weighted by molar-refractivity contribution is 7.92. The van der Waals surface area contributed by atoms with E-state index in [1.807, 2.05) is 51.1 Å². The Labute approximate surface area is 220 Å². The molecule has 36 heavy (non-hydrogen) atoms. The molecule has 0 spiro atoms. The molecule has 9 heteroatoms. The van der Waals surface area contributed by atoms with Gasteiger partial charge in [0, 0.05) is 30.6 Å². The van der Waals surface area contributed by atoms with Crippen LogP contribution in [0.2, 0.25) is 5.02 Å². The van der Waals surface area contributed by atoms with Crippen LogP contribution in [0.3, 0.4) is 0 Å². The van der Waals surface area contributed by atoms with Gasteiger partial charge in [-0.3, -0.25) is 13.9 Å². The number of carbonyl (C=O) groups excluding carboxylic acids is 2. The molecule has 0 unspecified atom stereocenters. The Balaban J connectivity index is 2.15. The van der Waals surface area contributed by atoms with Gasteiger partial charge >= 0.3 is 0 Å². The normalized spacial score (nSPS) is 13.0. The fraction of sp³-hybridized carbons (Fsp3) is 0.481. The molecule has 198 valence electrons. The second-order valence-corrected chi connectivity index (χ2v) is 11.3. The van der Waals surface area contributed by atoms with Crippen molar-refractivity contribution in [2.24, 2.45) is 0 Å². The van der Waals surface area contributed by atoms with Gasteiger partial charge in [0.2, 0.25) is 21.8 Å². The molecular weight excluding hydrogens is 498 g/mol. The van der Waals surface area contributed by atoms with E-state index in [1.165, 1.54) is 4.31 Å². The van der Waals surface area contributed by atoms with Crippen molar-refractivity contribution in [2.75, 3.05) is 23.7 Å². The largest absolute Gasteiger partial charge is 0.352 e. The zero-order valence-corrected chi connectivity index (χ0v) is 23.2. The van der Waals surface area contributed by atoms with E-state index in [9.17, 15) is 18.0 Å². The number of sulfonamides is 1. The molecule has 0 fully saturated rings. The number of halogens is 1. The van der Waals surface area contributed by atoms with Crippen LogP contribution in [0, 0.1) is 0 Å². The van der Waals surface area contributed by atoms with Crippen LogP contribution in [0.15, 0.2) is 54.6 Å². The van der Waals surface area contributed by atoms with Gasteiger partial charge in [-0.15, -0.1) is 0 Å². The number of hydrogen-bond acceptors (Lipinski definition) is 4. The van der Waals surface area contributed by atoms with Gasteiger partial charge in [-0.2, -0.15) is 0 Å². The summed E-state index contributed by atoms with van der Waals surface area (Å²) in [6.45, 7) is 6.39. The maximum Gasteiger partial charge on any atom is 0.243 e. The lowest BCUT2D eigenvalue weighted by Crippen LogP contribution is -2.51. The molecule has 0 saturated heterocycles. The summed E-state index contributed by atoms with van der Waals surface area (Å²) in [7, 11) is -3.54. The molecule has 7 nitrogen and oxygen atoms in total. The number of rotatable bonds is 14. The highest BCUT2D eigenvalue weighted by Gasteiger charge is 2.29. The fourth-order valence-corrected chi connectivity index (χ4v) is 5.04. The monoisotopic (exact) mass is 535 g/mol. The topological polar surface area (TPSA) is 86.8 Å². The second-order valence-electron chi connectivity index (χ2n) is 8.98. The standard InChI is InChI=1S/C27H38ClN3O4S/c1-5-21(3)29-27(33)25(6-2)30(20-18-22-11-8-7-9-12-22)26(32)13-10-19-31(36(4,34)35)24-16-14-23(28)15-17-24/h7-9,11-12,14-17,21,25H,5-6,10,13,18-20H2,1-4H3,(H,29,33)/t21-,25-/m1/s1. The molecule has 0 aliphatic carbocycles. The number of carbonyl (C=O) groups is 2. The molecule has 0 aromatic heterocycles. The van der Waals surface area contributed by atoms with Crippen LogP contribution in [-0.4, -0.2) is 56.6 Å². The average Bonchev–Trinajstić information content (AvgIpc) is 2.84. The number of amides is 2. The van der Waals surface area contributed by atoms with Crippen LogP contribution in [0.25, 0.3) is 0 Å². The van der Waals surface area contributed by atoms with Crippen molar-refractivity contribution in [1.29, 1.82) is 0 Å². The van der Waals surface area contributed by atoms with Crippen LogP contribution < -0.4 is 9.62 Å². The van der Waals surface area contributed by atoms with Crippen molar-refractivity contribution < 1.29 is 18.0 Å². The summed E-state index contributed by atoms with van der Waals surface area (Å²) in [4.78, 5) is 28.1. The lowest BCUT2D eigenvalue weighted by atomic mass is 10.1. The highest BCUT2D eigenvalue weighted by atomic mass is 35.5. The summed E-state index contributed by atoms with van der Waals surface area (Å²) in [5, 5.41) is 3.51. The first-order valence-electron chi connectivity index (χ1n) is 12.4. The van der Waals surface area contributed by atoms with Gasteiger partial charge in [-0.05, 0) is 62.4 Å². The minimum absolute atomic E-state index is 0.0142. The minimum atomic E-state index is -3.54. The second kappa shape index (κ2) is 14.2. The van der Waals surface area contributed by atoms with E-state index in [-0.39, 0.29) is 30.8 Å². The smallest absolute Gasteiger partial charge is 0.243 e. The first kappa shape index (κ1) is 29.6. The zero-order chi connectivity index (χ0) is 26.7. The SMILES string of the molecule is CC[C@@H](C)NC(=O)[C@@H](CC)N(CCc1ccccc1)C(=O)CCCN(c1ccc(Cl)cc1)S(C)(=O)=O. The predicted octanol–water partition coefficient (Wildman–Crippen LogP) is 4.65. The van der Waals surface area contributed by atoms with Gasteiger partial charge in [0.1, 0.15) is 6.04 Å². The number of benzene rings is 2. The summed E-state index contributed by atoms with van der Waals surface area (Å²) in [5.74, 6) is -0.325. The van der Waals surface area contributed by atoms with E-state index in [1.54, 1.807) is 29.2 Å². The number of nitrogens with one attached hydrogen (secondary N) is 1. The van der Waals surface area contributed by atoms with Gasteiger partial charge in [-0.25, -0.2) is 8.42 Å². The summed E-state index contributed by atoms with van der Waals surface area (Å²) < 4.78 is 26.1. The molecule has 2 aromatic rings. The van der Waals surface area contributed by atoms with E-state index in [0.717, 1.165) is 18.2 Å². The van der Waals surface area contributed by atoms with Crippen molar-refractivity contribution in [2.45, 2.75) is 65.0 Å². The number of hydrogen-bond donors (Lipinski definition) is 1. The zero-order valence-electron chi connectivity index (χ0n) is 21.6. The minimum Gasteiger partial charge on any atom is -0.352 e. The molecule has 0 heterocycles. The first-order chi connectivity index (χ1) is 17.1. The third-order valence-corrected chi connectivity index (χ3v) is 7.58. The van der Waals surface area contributed by atoms with Crippen molar-refractivity contribution in [3.8, 4) is 0 Å². The lowest BCUT2D eigenvalue weighted by Gasteiger charge is -2.32. The van der Waals surface area contributed by atoms with Crippen molar-refractivity contribution in [3.63, 3.8) is 0 Å². The van der Waals surface area contributed by atoms with Crippen LogP contribution in [-0.2, 0) is 26.0 Å². The summed E-state index contributed by atoms with van der Waals surface area (Å²) in [5.41, 5.74) is 1.58. The van der Waals surface area contributed by atoms with Crippen molar-refractivity contribution in [3.05, 3.63) is 65.2 Å². The van der Waals surface area contributed by atoms with Gasteiger partial charge in [-0.1, -0.05) is 55.8 Å². The molecule has 0 saturated carbocycles. The Hall–Kier alpha value is -2.58. The van der Waals surface area contributed by atoms with Crippen LogP contribution in [0.5, 0.6) is 0 Å². The van der Waals surface area contributed by atoms with E-state index in [0.29, 0.717) is 36.5 Å². The molecule has 2 amide bonds. The lowest BCUT2D eigenvalue weighted by molar-refractivity contribution is -0.141. The van der Waals surface area contributed by atoms with E-state index in [4.69, 9.17) is 11.6 Å². The van der Waals surface area contributed by atoms with Crippen LogP contribution >= 0.6 is 11.6 Å². The highest BCUT2D eigenvalue weighted by Crippen LogP contribution is 2.21. The van der Waals surface area contributed by atoms with Crippen LogP contribution in [0.1, 0.15) is 52.0 Å². The first-order valence-corrected chi connectivity index (χ1v) is 14.7. The summed E-state index contributed by atoms with van der Waals surface area (Å²) in [6.07, 6.45) is 3.50. The molecule has 0 bridgehead atoms. The van der Waals surface area contributed by atoms with E-state index in [2.05, 4.69) is 5.32 Å². The maximum atomic E-state index is 13.4. The summed E-state index contributed by atoms with van der Waals surface area (Å²) in [6, 6.07) is 15.8. The Morgan fingerprint density at radius 1 is 0.972 bits per heavy atom. The van der Waals surface area contributed by atoms with E-state index >= 15 is 0 Å². The Morgan fingerprint density at radius 2 is 1.61 bits per heavy atom. The van der Waals surface area contributed by atoms with Crippen molar-refractivity contribution >= 4 is 39.1 Å². The number of anilines is 1. The molecule has 2 aromatic carbocycles. The maximum absolute atomic E-state index is 13.4. The third kappa shape index (κ3) is 9.13. The van der Waals surface area contributed by atoms with Gasteiger partial charge < -0.3 is 10.2 Å². The fourth-order valence-electron chi connectivity index (χ4n) is 3.95. The van der Waals surface area contributed by atoms with Crippen molar-refractivity contribution in [1.82, 2.24) is 10.2 Å². The molecule has 2 atom stereocenters. The van der Waals surface area contributed by atoms with E-state index < -0.39 is 16.1 Å². The van der Waals surface area contributed by atoms with Crippen LogP contribution in [0.4, 0.5) is 5.69 Å². The Kier molecular flexibility index (Phi) is 11.7. The molecule has 0 aliphatic heterocycles. The Morgan fingerprint density at radius 3 is 2.17 bits per heavy atom. The van der Waals surface area contributed by atoms with Gasteiger partial charge in [0.25, 0.3) is 0 Å². The molecule has 0 aliphatic rings. The summed E-state index contributed by atoms with van der Waals surface area (Å²) >= 11 is 5.94. The average molecular weight is 536 g/mol. The number of nitrogens with zero attached hydrogens (tertiary/aromatic N) is 2. The molecule has 2 rings (SSSR count). The molecule has 0 radical (unpaired) electrons. The van der Waals surface area contributed by atoms with Gasteiger partial charge in [0.05, 0.1) is 11.9 Å². The quantitative estimate of drug-likeness (QED) is 0.381. The molecule has 1 N–H and O–H groups in total. The predicted molar refractivity (Wildman–Crippen MR) is 147 cm³/mol. The third-order valence-electron chi connectivity index (χ3n) is 6.14. The Bertz CT molecular complexity index is 1080.